The Morgan fingerprint density at radius 3 is 2.69 bits per heavy atom. The van der Waals surface area contributed by atoms with E-state index in [4.69, 9.17) is 10.5 Å². The van der Waals surface area contributed by atoms with Crippen molar-refractivity contribution in [1.29, 1.82) is 0 Å². The van der Waals surface area contributed by atoms with Crippen LogP contribution in [0.1, 0.15) is 83.8 Å². The molecule has 1 heterocycles. The van der Waals surface area contributed by atoms with E-state index in [2.05, 4.69) is 20.8 Å². The fourth-order valence-electron chi connectivity index (χ4n) is 5.02. The molecular formula is C24H35NO4. The first-order valence-corrected chi connectivity index (χ1v) is 10.9. The predicted molar refractivity (Wildman–Crippen MR) is 114 cm³/mol. The highest BCUT2D eigenvalue weighted by Crippen LogP contribution is 2.53. The summed E-state index contributed by atoms with van der Waals surface area (Å²) in [5.41, 5.74) is 7.68. The Hall–Kier alpha value is -2.01. The maximum atomic E-state index is 11.6. The maximum absolute atomic E-state index is 11.6. The van der Waals surface area contributed by atoms with Crippen molar-refractivity contribution < 1.29 is 19.7 Å². The van der Waals surface area contributed by atoms with Gasteiger partial charge in [0.1, 0.15) is 17.6 Å². The van der Waals surface area contributed by atoms with Gasteiger partial charge in [-0.25, -0.2) is 4.79 Å². The molecule has 1 aromatic carbocycles. The molecular weight excluding hydrogens is 366 g/mol. The first-order valence-electron chi connectivity index (χ1n) is 10.9. The zero-order valence-electron chi connectivity index (χ0n) is 18.1. The fraction of sp³-hybridized carbons (Fsp3) is 0.625. The summed E-state index contributed by atoms with van der Waals surface area (Å²) in [6, 6.07) is 3.82. The van der Waals surface area contributed by atoms with Crippen LogP contribution in [0.4, 0.5) is 0 Å². The first kappa shape index (κ1) is 21.7. The average Bonchev–Trinajstić information content (AvgIpc) is 2.64. The molecule has 4 N–H and O–H groups in total. The number of fused-ring (bicyclic) bond motifs is 3. The highest BCUT2D eigenvalue weighted by atomic mass is 16.5. The number of nitrogens with two attached hydrogens (primary N) is 1. The lowest BCUT2D eigenvalue weighted by Gasteiger charge is -2.48. The Balaban J connectivity index is 1.97. The number of carbonyl (C=O) groups is 1. The lowest BCUT2D eigenvalue weighted by molar-refractivity contribution is -0.133. The van der Waals surface area contributed by atoms with Gasteiger partial charge in [0.25, 0.3) is 0 Å². The number of unbranched alkanes of at least 4 members (excludes halogenated alkanes) is 3. The molecule has 0 fully saturated rings. The highest BCUT2D eigenvalue weighted by molar-refractivity contribution is 5.87. The number of rotatable bonds is 7. The molecule has 160 valence electrons. The number of phenols is 1. The van der Waals surface area contributed by atoms with E-state index in [-0.39, 0.29) is 29.6 Å². The van der Waals surface area contributed by atoms with Crippen LogP contribution in [0.3, 0.4) is 0 Å². The lowest BCUT2D eigenvalue weighted by Crippen LogP contribution is -2.54. The van der Waals surface area contributed by atoms with Gasteiger partial charge in [0, 0.05) is 17.9 Å². The topological polar surface area (TPSA) is 92.8 Å². The largest absolute Gasteiger partial charge is 0.507 e. The summed E-state index contributed by atoms with van der Waals surface area (Å²) in [4.78, 5) is 11.6. The van der Waals surface area contributed by atoms with Gasteiger partial charge in [0.2, 0.25) is 0 Å². The van der Waals surface area contributed by atoms with Crippen LogP contribution in [-0.2, 0) is 15.7 Å². The summed E-state index contributed by atoms with van der Waals surface area (Å²) < 4.78 is 6.21. The minimum atomic E-state index is -0.946. The summed E-state index contributed by atoms with van der Waals surface area (Å²) in [5, 5.41) is 20.5. The molecule has 0 saturated carbocycles. The van der Waals surface area contributed by atoms with Crippen molar-refractivity contribution in [3.05, 3.63) is 34.9 Å². The Morgan fingerprint density at radius 1 is 1.31 bits per heavy atom. The second kappa shape index (κ2) is 8.02. The van der Waals surface area contributed by atoms with Crippen molar-refractivity contribution >= 4 is 5.97 Å². The number of hydrogen-bond donors (Lipinski definition) is 3. The van der Waals surface area contributed by atoms with Gasteiger partial charge < -0.3 is 20.7 Å². The number of aliphatic carboxylic acids is 1. The molecule has 1 aliphatic heterocycles. The zero-order valence-corrected chi connectivity index (χ0v) is 18.1. The smallest absolute Gasteiger partial charge is 0.331 e. The molecule has 0 amide bonds. The summed E-state index contributed by atoms with van der Waals surface area (Å²) in [5.74, 6) is -0.306. The number of carboxylic acid groups (broad SMARTS) is 1. The van der Waals surface area contributed by atoms with E-state index < -0.39 is 11.5 Å². The van der Waals surface area contributed by atoms with Crippen LogP contribution < -0.4 is 10.5 Å². The van der Waals surface area contributed by atoms with Crippen molar-refractivity contribution in [2.24, 2.45) is 11.7 Å². The van der Waals surface area contributed by atoms with Gasteiger partial charge in [0.15, 0.2) is 0 Å². The molecule has 0 radical (unpaired) electrons. The second-order valence-corrected chi connectivity index (χ2v) is 9.48. The van der Waals surface area contributed by atoms with E-state index in [1.807, 2.05) is 19.1 Å². The van der Waals surface area contributed by atoms with E-state index in [0.29, 0.717) is 23.3 Å². The quantitative estimate of drug-likeness (QED) is 0.559. The molecule has 0 bridgehead atoms. The van der Waals surface area contributed by atoms with Crippen molar-refractivity contribution in [3.8, 4) is 11.5 Å². The monoisotopic (exact) mass is 401 g/mol. The first-order chi connectivity index (χ1) is 13.6. The average molecular weight is 402 g/mol. The van der Waals surface area contributed by atoms with Gasteiger partial charge >= 0.3 is 5.97 Å². The maximum Gasteiger partial charge on any atom is 0.331 e. The Labute approximate surface area is 174 Å². The third-order valence-corrected chi connectivity index (χ3v) is 6.90. The van der Waals surface area contributed by atoms with Crippen LogP contribution in [0.5, 0.6) is 11.5 Å². The summed E-state index contributed by atoms with van der Waals surface area (Å²) in [6.45, 7) is 8.57. The van der Waals surface area contributed by atoms with Gasteiger partial charge in [-0.1, -0.05) is 52.5 Å². The zero-order chi connectivity index (χ0) is 21.4. The number of aromatic hydroxyl groups is 1. The van der Waals surface area contributed by atoms with Gasteiger partial charge in [-0.3, -0.25) is 0 Å². The van der Waals surface area contributed by atoms with E-state index >= 15 is 0 Å². The van der Waals surface area contributed by atoms with E-state index in [1.54, 1.807) is 6.08 Å². The standard InChI is InChI=1S/C24H35NO4/c1-5-6-7-8-11-23(3,4)17-12-19(26)21-20(13-17)29-15(2)18-10-9-16(22(27)28)14-24(18,21)25/h9,12-13,15,18,26H,5-8,10-11,14,25H2,1-4H3,(H,27,28)/t15?,18-,24-/m0/s1. The molecule has 3 rings (SSSR count). The third kappa shape index (κ3) is 4.02. The van der Waals surface area contributed by atoms with Crippen molar-refractivity contribution in [2.45, 2.75) is 89.7 Å². The number of benzene rings is 1. The number of carboxylic acids is 1. The minimum Gasteiger partial charge on any atom is -0.507 e. The SMILES string of the molecule is CCCCCCC(C)(C)c1cc(O)c2c(c1)OC(C)[C@@H]1CC=C(C(=O)O)C[C@@]21N. The van der Waals surface area contributed by atoms with Crippen LogP contribution in [0.25, 0.3) is 0 Å². The Bertz CT molecular complexity index is 813. The summed E-state index contributed by atoms with van der Waals surface area (Å²) >= 11 is 0. The van der Waals surface area contributed by atoms with E-state index in [0.717, 1.165) is 18.4 Å². The van der Waals surface area contributed by atoms with E-state index in [9.17, 15) is 15.0 Å². The third-order valence-electron chi connectivity index (χ3n) is 6.90. The fourth-order valence-corrected chi connectivity index (χ4v) is 5.02. The van der Waals surface area contributed by atoms with Crippen molar-refractivity contribution in [1.82, 2.24) is 0 Å². The molecule has 2 aliphatic rings. The Kier molecular flexibility index (Phi) is 6.00. The van der Waals surface area contributed by atoms with Gasteiger partial charge in [-0.15, -0.1) is 0 Å². The summed E-state index contributed by atoms with van der Waals surface area (Å²) in [7, 11) is 0. The van der Waals surface area contributed by atoms with E-state index in [1.165, 1.54) is 19.3 Å². The Morgan fingerprint density at radius 2 is 2.03 bits per heavy atom. The predicted octanol–water partition coefficient (Wildman–Crippen LogP) is 5.00. The molecule has 0 spiro atoms. The molecule has 1 aromatic rings. The van der Waals surface area contributed by atoms with Crippen LogP contribution >= 0.6 is 0 Å². The minimum absolute atomic E-state index is 0.0723. The lowest BCUT2D eigenvalue weighted by atomic mass is 9.65. The molecule has 1 aliphatic carbocycles. The number of hydrogen-bond acceptors (Lipinski definition) is 4. The normalized spacial score (nSPS) is 26.2. The van der Waals surface area contributed by atoms with Crippen LogP contribution in [0, 0.1) is 5.92 Å². The van der Waals surface area contributed by atoms with Gasteiger partial charge in [-0.05, 0) is 42.9 Å². The number of ether oxygens (including phenoxy) is 1. The van der Waals surface area contributed by atoms with Crippen LogP contribution in [0.15, 0.2) is 23.8 Å². The molecule has 0 aromatic heterocycles. The van der Waals surface area contributed by atoms with Gasteiger partial charge in [0.05, 0.1) is 11.1 Å². The van der Waals surface area contributed by atoms with Crippen LogP contribution in [0.2, 0.25) is 0 Å². The number of phenolic OH excluding ortho intramolecular Hbond substituents is 1. The van der Waals surface area contributed by atoms with Crippen LogP contribution in [-0.4, -0.2) is 22.3 Å². The molecule has 1 unspecified atom stereocenters. The van der Waals surface area contributed by atoms with Gasteiger partial charge in [-0.2, -0.15) is 0 Å². The van der Waals surface area contributed by atoms with Crippen molar-refractivity contribution in [3.63, 3.8) is 0 Å². The summed E-state index contributed by atoms with van der Waals surface area (Å²) in [6.07, 6.45) is 8.15. The molecule has 0 saturated heterocycles. The number of allylic oxidation sites excluding steroid dienone is 1. The molecule has 5 heteroatoms. The second-order valence-electron chi connectivity index (χ2n) is 9.48. The highest BCUT2D eigenvalue weighted by Gasteiger charge is 2.50. The molecule has 5 nitrogen and oxygen atoms in total. The van der Waals surface area contributed by atoms with Crippen molar-refractivity contribution in [2.75, 3.05) is 0 Å². The molecule has 3 atom stereocenters. The molecule has 29 heavy (non-hydrogen) atoms.